The average Bonchev–Trinajstić information content (AvgIpc) is 2.61. The molecule has 1 aromatic carbocycles. The van der Waals surface area contributed by atoms with Gasteiger partial charge in [-0.1, -0.05) is 34.8 Å². The maximum atomic E-state index is 12.3. The molecule has 25 heavy (non-hydrogen) atoms. The number of piperidine rings is 1. The largest absolute Gasteiger partial charge is 0.474 e. The van der Waals surface area contributed by atoms with Gasteiger partial charge in [-0.3, -0.25) is 0 Å². The molecule has 2 heterocycles. The fourth-order valence-corrected chi connectivity index (χ4v) is 2.97. The summed E-state index contributed by atoms with van der Waals surface area (Å²) in [5, 5.41) is 4.25. The molecule has 1 N–H and O–H groups in total. The summed E-state index contributed by atoms with van der Waals surface area (Å²) in [5.41, 5.74) is 0.614. The first-order chi connectivity index (χ1) is 12.0. The highest BCUT2D eigenvalue weighted by Crippen LogP contribution is 2.25. The number of likely N-dealkylation sites (tertiary alicyclic amines) is 1. The molecular weight excluding hydrogens is 385 g/mol. The standard InChI is InChI=1S/C17H16Cl3N3O2/c18-11-1-4-16(21-10-11)25-13-5-7-23(8-6-13)17(24)22-12-2-3-14(19)15(20)9-12/h1-4,9-10,13H,5-8H2,(H,22,24). The minimum Gasteiger partial charge on any atom is -0.474 e. The molecular formula is C17H16Cl3N3O2. The molecule has 0 spiro atoms. The fourth-order valence-electron chi connectivity index (χ4n) is 2.56. The van der Waals surface area contributed by atoms with E-state index in [1.54, 1.807) is 41.4 Å². The van der Waals surface area contributed by atoms with Gasteiger partial charge < -0.3 is 15.0 Å². The van der Waals surface area contributed by atoms with E-state index in [1.807, 2.05) is 0 Å². The van der Waals surface area contributed by atoms with Gasteiger partial charge in [0.05, 0.1) is 15.1 Å². The van der Waals surface area contributed by atoms with Crippen LogP contribution in [0.15, 0.2) is 36.5 Å². The molecule has 0 saturated carbocycles. The molecule has 0 aliphatic carbocycles. The van der Waals surface area contributed by atoms with Crippen molar-refractivity contribution in [3.8, 4) is 5.88 Å². The molecule has 1 saturated heterocycles. The monoisotopic (exact) mass is 399 g/mol. The van der Waals surface area contributed by atoms with E-state index in [-0.39, 0.29) is 12.1 Å². The van der Waals surface area contributed by atoms with Crippen LogP contribution in [0.25, 0.3) is 0 Å². The van der Waals surface area contributed by atoms with Crippen molar-refractivity contribution < 1.29 is 9.53 Å². The Hall–Kier alpha value is -1.69. The topological polar surface area (TPSA) is 54.5 Å². The maximum Gasteiger partial charge on any atom is 0.321 e. The Morgan fingerprint density at radius 2 is 1.88 bits per heavy atom. The molecule has 8 heteroatoms. The predicted octanol–water partition coefficient (Wildman–Crippen LogP) is 5.12. The minimum atomic E-state index is -0.165. The van der Waals surface area contributed by atoms with Crippen molar-refractivity contribution in [2.45, 2.75) is 18.9 Å². The number of amides is 2. The third-order valence-electron chi connectivity index (χ3n) is 3.89. The van der Waals surface area contributed by atoms with E-state index in [0.717, 1.165) is 12.8 Å². The first-order valence-electron chi connectivity index (χ1n) is 7.80. The Kier molecular flexibility index (Phi) is 5.89. The number of carbonyl (C=O) groups is 1. The number of benzene rings is 1. The Labute approximate surface area is 160 Å². The summed E-state index contributed by atoms with van der Waals surface area (Å²) in [5.74, 6) is 0.545. The van der Waals surface area contributed by atoms with Crippen molar-refractivity contribution in [1.82, 2.24) is 9.88 Å². The number of hydrogen-bond acceptors (Lipinski definition) is 3. The maximum absolute atomic E-state index is 12.3. The quantitative estimate of drug-likeness (QED) is 0.778. The Bertz CT molecular complexity index is 747. The summed E-state index contributed by atoms with van der Waals surface area (Å²) in [4.78, 5) is 18.2. The number of anilines is 1. The average molecular weight is 401 g/mol. The summed E-state index contributed by atoms with van der Waals surface area (Å²) >= 11 is 17.6. The lowest BCUT2D eigenvalue weighted by atomic mass is 10.1. The molecule has 1 aromatic heterocycles. The molecule has 1 fully saturated rings. The highest BCUT2D eigenvalue weighted by molar-refractivity contribution is 6.42. The Balaban J connectivity index is 1.50. The fraction of sp³-hybridized carbons (Fsp3) is 0.294. The van der Waals surface area contributed by atoms with E-state index in [2.05, 4.69) is 10.3 Å². The van der Waals surface area contributed by atoms with Gasteiger partial charge in [-0.15, -0.1) is 0 Å². The number of carbonyl (C=O) groups excluding carboxylic acids is 1. The van der Waals surface area contributed by atoms with E-state index in [9.17, 15) is 4.79 Å². The number of pyridine rings is 1. The highest BCUT2D eigenvalue weighted by Gasteiger charge is 2.24. The lowest BCUT2D eigenvalue weighted by Crippen LogP contribution is -2.43. The van der Waals surface area contributed by atoms with E-state index in [1.165, 1.54) is 0 Å². The van der Waals surface area contributed by atoms with Crippen molar-refractivity contribution in [2.75, 3.05) is 18.4 Å². The lowest BCUT2D eigenvalue weighted by Gasteiger charge is -2.32. The van der Waals surface area contributed by atoms with Gasteiger partial charge >= 0.3 is 6.03 Å². The smallest absolute Gasteiger partial charge is 0.321 e. The van der Waals surface area contributed by atoms with Gasteiger partial charge in [-0.05, 0) is 24.3 Å². The second kappa shape index (κ2) is 8.13. The molecule has 5 nitrogen and oxygen atoms in total. The van der Waals surface area contributed by atoms with Crippen LogP contribution in [0.5, 0.6) is 5.88 Å². The van der Waals surface area contributed by atoms with Crippen LogP contribution in [0.1, 0.15) is 12.8 Å². The first kappa shape index (κ1) is 18.1. The SMILES string of the molecule is O=C(Nc1ccc(Cl)c(Cl)c1)N1CCC(Oc2ccc(Cl)cn2)CC1. The van der Waals surface area contributed by atoms with Gasteiger partial charge in [0.1, 0.15) is 6.10 Å². The summed E-state index contributed by atoms with van der Waals surface area (Å²) < 4.78 is 5.83. The zero-order chi connectivity index (χ0) is 17.8. The van der Waals surface area contributed by atoms with Crippen LogP contribution in [-0.4, -0.2) is 35.1 Å². The number of ether oxygens (including phenoxy) is 1. The Morgan fingerprint density at radius 1 is 1.12 bits per heavy atom. The molecule has 3 rings (SSSR count). The summed E-state index contributed by atoms with van der Waals surface area (Å²) in [6.45, 7) is 1.21. The van der Waals surface area contributed by atoms with Crippen LogP contribution in [0.4, 0.5) is 10.5 Å². The summed E-state index contributed by atoms with van der Waals surface area (Å²) in [6.07, 6.45) is 3.05. The number of rotatable bonds is 3. The molecule has 132 valence electrons. The third-order valence-corrected chi connectivity index (χ3v) is 4.85. The molecule has 1 aliphatic heterocycles. The zero-order valence-corrected chi connectivity index (χ0v) is 15.5. The number of aromatic nitrogens is 1. The van der Waals surface area contributed by atoms with Gasteiger partial charge in [0.25, 0.3) is 0 Å². The van der Waals surface area contributed by atoms with Crippen LogP contribution >= 0.6 is 34.8 Å². The van der Waals surface area contributed by atoms with Crippen LogP contribution < -0.4 is 10.1 Å². The number of nitrogens with zero attached hydrogens (tertiary/aromatic N) is 2. The number of hydrogen-bond donors (Lipinski definition) is 1. The predicted molar refractivity (Wildman–Crippen MR) is 100.0 cm³/mol. The van der Waals surface area contributed by atoms with E-state index >= 15 is 0 Å². The molecule has 0 radical (unpaired) electrons. The second-order valence-electron chi connectivity index (χ2n) is 5.68. The molecule has 1 aliphatic rings. The van der Waals surface area contributed by atoms with Crippen LogP contribution in [0.3, 0.4) is 0 Å². The first-order valence-corrected chi connectivity index (χ1v) is 8.94. The van der Waals surface area contributed by atoms with Crippen molar-refractivity contribution >= 4 is 46.5 Å². The zero-order valence-electron chi connectivity index (χ0n) is 13.2. The molecule has 0 unspecified atom stereocenters. The molecule has 2 amide bonds. The summed E-state index contributed by atoms with van der Waals surface area (Å²) in [6, 6.07) is 8.31. The van der Waals surface area contributed by atoms with E-state index in [0.29, 0.717) is 39.7 Å². The van der Waals surface area contributed by atoms with Crippen LogP contribution in [0, 0.1) is 0 Å². The molecule has 0 bridgehead atoms. The highest BCUT2D eigenvalue weighted by atomic mass is 35.5. The van der Waals surface area contributed by atoms with Gasteiger partial charge in [-0.2, -0.15) is 0 Å². The molecule has 2 aromatic rings. The second-order valence-corrected chi connectivity index (χ2v) is 6.93. The number of urea groups is 1. The van der Waals surface area contributed by atoms with Crippen molar-refractivity contribution in [3.05, 3.63) is 51.6 Å². The molecule has 0 atom stereocenters. The minimum absolute atomic E-state index is 0.0303. The third kappa shape index (κ3) is 4.91. The van der Waals surface area contributed by atoms with Gasteiger partial charge in [-0.25, -0.2) is 9.78 Å². The van der Waals surface area contributed by atoms with E-state index in [4.69, 9.17) is 39.5 Å². The summed E-state index contributed by atoms with van der Waals surface area (Å²) in [7, 11) is 0. The van der Waals surface area contributed by atoms with Crippen molar-refractivity contribution in [3.63, 3.8) is 0 Å². The van der Waals surface area contributed by atoms with E-state index < -0.39 is 0 Å². The van der Waals surface area contributed by atoms with Crippen molar-refractivity contribution in [2.24, 2.45) is 0 Å². The number of nitrogens with one attached hydrogen (secondary N) is 1. The van der Waals surface area contributed by atoms with Gasteiger partial charge in [0, 0.05) is 43.9 Å². The van der Waals surface area contributed by atoms with Crippen LogP contribution in [0.2, 0.25) is 15.1 Å². The lowest BCUT2D eigenvalue weighted by molar-refractivity contribution is 0.111. The van der Waals surface area contributed by atoms with Gasteiger partial charge in [0.2, 0.25) is 5.88 Å². The normalized spacial score (nSPS) is 15.1. The van der Waals surface area contributed by atoms with Gasteiger partial charge in [0.15, 0.2) is 0 Å². The van der Waals surface area contributed by atoms with Crippen molar-refractivity contribution in [1.29, 1.82) is 0 Å². The number of halogens is 3. The van der Waals surface area contributed by atoms with Crippen LogP contribution in [-0.2, 0) is 0 Å². The Morgan fingerprint density at radius 3 is 2.52 bits per heavy atom.